The summed E-state index contributed by atoms with van der Waals surface area (Å²) in [5, 5.41) is 11.9. The number of amides is 1. The number of benzene rings is 1. The maximum absolute atomic E-state index is 12.9. The summed E-state index contributed by atoms with van der Waals surface area (Å²) in [4.78, 5) is 28.2. The Hall–Kier alpha value is -2.81. The molecule has 0 bridgehead atoms. The molecule has 9 nitrogen and oxygen atoms in total. The summed E-state index contributed by atoms with van der Waals surface area (Å²) in [6.45, 7) is 1.57. The molecular weight excluding hydrogens is 338 g/mol. The number of ether oxygens (including phenoxy) is 2. The van der Waals surface area contributed by atoms with E-state index < -0.39 is 5.41 Å². The van der Waals surface area contributed by atoms with Gasteiger partial charge < -0.3 is 14.4 Å². The van der Waals surface area contributed by atoms with E-state index in [2.05, 4.69) is 15.4 Å². The van der Waals surface area contributed by atoms with Crippen molar-refractivity contribution in [3.05, 3.63) is 29.8 Å². The smallest absolute Gasteiger partial charge is 0.316 e. The zero-order valence-corrected chi connectivity index (χ0v) is 14.6. The number of likely N-dealkylation sites (tertiary alicyclic amines) is 1. The first-order valence-electron chi connectivity index (χ1n) is 8.33. The van der Waals surface area contributed by atoms with Crippen LogP contribution in [0, 0.1) is 11.3 Å². The van der Waals surface area contributed by atoms with Crippen LogP contribution >= 0.6 is 0 Å². The average Bonchev–Trinajstić information content (AvgIpc) is 3.34. The van der Waals surface area contributed by atoms with E-state index in [1.54, 1.807) is 36.2 Å². The molecule has 0 unspecified atom stereocenters. The molecule has 9 heteroatoms. The lowest BCUT2D eigenvalue weighted by Crippen LogP contribution is -2.41. The molecule has 4 rings (SSSR count). The third kappa shape index (κ3) is 2.55. The van der Waals surface area contributed by atoms with Crippen LogP contribution in [0.4, 0.5) is 0 Å². The molecule has 2 aliphatic rings. The van der Waals surface area contributed by atoms with E-state index in [4.69, 9.17) is 9.47 Å². The van der Waals surface area contributed by atoms with Crippen molar-refractivity contribution in [1.82, 2.24) is 25.1 Å². The van der Waals surface area contributed by atoms with E-state index >= 15 is 0 Å². The molecule has 0 saturated carbocycles. The van der Waals surface area contributed by atoms with Gasteiger partial charge in [-0.2, -0.15) is 4.80 Å². The number of hydrogen-bond acceptors (Lipinski definition) is 7. The second-order valence-corrected chi connectivity index (χ2v) is 6.73. The van der Waals surface area contributed by atoms with Crippen LogP contribution in [-0.2, 0) is 21.3 Å². The van der Waals surface area contributed by atoms with E-state index in [0.29, 0.717) is 37.7 Å². The van der Waals surface area contributed by atoms with E-state index in [1.165, 1.54) is 11.9 Å². The molecule has 2 fully saturated rings. The zero-order valence-electron chi connectivity index (χ0n) is 14.6. The van der Waals surface area contributed by atoms with E-state index in [0.717, 1.165) is 5.56 Å². The second-order valence-electron chi connectivity index (χ2n) is 6.73. The minimum atomic E-state index is -0.742. The highest BCUT2D eigenvalue weighted by atomic mass is 16.5. The number of tetrazole rings is 1. The Morgan fingerprint density at radius 1 is 1.31 bits per heavy atom. The number of carbonyl (C=O) groups is 2. The number of esters is 1. The highest BCUT2D eigenvalue weighted by Gasteiger charge is 2.57. The summed E-state index contributed by atoms with van der Waals surface area (Å²) in [5.41, 5.74) is 0.597. The number of hydrogen-bond donors (Lipinski definition) is 0. The summed E-state index contributed by atoms with van der Waals surface area (Å²) >= 11 is 0. The maximum atomic E-state index is 12.9. The average molecular weight is 357 g/mol. The van der Waals surface area contributed by atoms with Gasteiger partial charge in [0.1, 0.15) is 5.41 Å². The molecule has 1 aromatic heterocycles. The minimum Gasteiger partial charge on any atom is -0.468 e. The summed E-state index contributed by atoms with van der Waals surface area (Å²) in [7, 11) is 3.07. The van der Waals surface area contributed by atoms with Gasteiger partial charge in [-0.1, -0.05) is 12.1 Å². The molecule has 2 aromatic rings. The first kappa shape index (κ1) is 16.6. The van der Waals surface area contributed by atoms with Crippen LogP contribution in [0.15, 0.2) is 24.3 Å². The van der Waals surface area contributed by atoms with Crippen LogP contribution in [0.25, 0.3) is 11.4 Å². The Labute approximate surface area is 149 Å². The molecule has 2 aliphatic heterocycles. The van der Waals surface area contributed by atoms with Gasteiger partial charge in [0.25, 0.3) is 5.91 Å². The number of aromatic nitrogens is 4. The minimum absolute atomic E-state index is 0.0260. The Kier molecular flexibility index (Phi) is 3.95. The number of methoxy groups -OCH3 is 1. The van der Waals surface area contributed by atoms with Crippen molar-refractivity contribution >= 4 is 11.9 Å². The fourth-order valence-electron chi connectivity index (χ4n) is 3.73. The van der Waals surface area contributed by atoms with Gasteiger partial charge in [-0.15, -0.1) is 10.2 Å². The first-order chi connectivity index (χ1) is 12.5. The molecule has 26 heavy (non-hydrogen) atoms. The first-order valence-corrected chi connectivity index (χ1v) is 8.33. The van der Waals surface area contributed by atoms with Crippen molar-refractivity contribution in [2.24, 2.45) is 18.4 Å². The van der Waals surface area contributed by atoms with Gasteiger partial charge >= 0.3 is 5.97 Å². The van der Waals surface area contributed by atoms with Gasteiger partial charge in [0.2, 0.25) is 5.82 Å². The third-order valence-electron chi connectivity index (χ3n) is 5.15. The predicted molar refractivity (Wildman–Crippen MR) is 88.9 cm³/mol. The van der Waals surface area contributed by atoms with Crippen LogP contribution < -0.4 is 0 Å². The summed E-state index contributed by atoms with van der Waals surface area (Å²) in [6.07, 6.45) is 0. The molecule has 0 radical (unpaired) electrons. The topological polar surface area (TPSA) is 99.4 Å². The van der Waals surface area contributed by atoms with Crippen molar-refractivity contribution in [2.75, 3.05) is 33.4 Å². The highest BCUT2D eigenvalue weighted by molar-refractivity contribution is 5.95. The normalized spacial score (nSPS) is 24.5. The van der Waals surface area contributed by atoms with E-state index in [-0.39, 0.29) is 17.8 Å². The van der Waals surface area contributed by atoms with E-state index in [9.17, 15) is 9.59 Å². The Bertz CT molecular complexity index is 849. The number of rotatable bonds is 3. The standard InChI is InChI=1S/C17H19N5O4/c1-21-19-14(18-20-21)11-3-5-12(6-4-11)15(23)22-7-13-8-26-10-17(13,9-22)16(24)25-2/h3-6,13H,7-10H2,1-2H3/t13-,17-/m0/s1. The highest BCUT2D eigenvalue weighted by Crippen LogP contribution is 2.42. The molecule has 0 N–H and O–H groups in total. The molecule has 2 saturated heterocycles. The van der Waals surface area contributed by atoms with Crippen LogP contribution in [0.1, 0.15) is 10.4 Å². The van der Waals surface area contributed by atoms with Gasteiger partial charge in [0.15, 0.2) is 0 Å². The Morgan fingerprint density at radius 2 is 2.08 bits per heavy atom. The van der Waals surface area contributed by atoms with Crippen LogP contribution in [0.5, 0.6) is 0 Å². The lowest BCUT2D eigenvalue weighted by atomic mass is 9.81. The Balaban J connectivity index is 1.52. The van der Waals surface area contributed by atoms with Gasteiger partial charge in [-0.05, 0) is 17.3 Å². The van der Waals surface area contributed by atoms with E-state index in [1.807, 2.05) is 0 Å². The van der Waals surface area contributed by atoms with Crippen molar-refractivity contribution < 1.29 is 19.1 Å². The molecule has 0 spiro atoms. The molecule has 1 aromatic carbocycles. The number of carbonyl (C=O) groups excluding carboxylic acids is 2. The SMILES string of the molecule is COC(=O)[C@@]12COC[C@@H]1CN(C(=O)c1ccc(-c3nnn(C)n3)cc1)C2. The lowest BCUT2D eigenvalue weighted by Gasteiger charge is -2.23. The summed E-state index contributed by atoms with van der Waals surface area (Å²) < 4.78 is 10.4. The van der Waals surface area contributed by atoms with Gasteiger partial charge in [0.05, 0.1) is 27.4 Å². The van der Waals surface area contributed by atoms with Crippen LogP contribution in [-0.4, -0.2) is 70.4 Å². The fraction of sp³-hybridized carbons (Fsp3) is 0.471. The predicted octanol–water partition coefficient (Wildman–Crippen LogP) is 0.139. The van der Waals surface area contributed by atoms with Gasteiger partial charge in [0, 0.05) is 30.1 Å². The van der Waals surface area contributed by atoms with Gasteiger partial charge in [-0.25, -0.2) is 0 Å². The van der Waals surface area contributed by atoms with Crippen LogP contribution in [0.2, 0.25) is 0 Å². The zero-order chi connectivity index (χ0) is 18.3. The quantitative estimate of drug-likeness (QED) is 0.720. The number of fused-ring (bicyclic) bond motifs is 1. The lowest BCUT2D eigenvalue weighted by molar-refractivity contribution is -0.153. The molecule has 136 valence electrons. The fourth-order valence-corrected chi connectivity index (χ4v) is 3.73. The molecular formula is C17H19N5O4. The summed E-state index contributed by atoms with van der Waals surface area (Å²) in [5.74, 6) is 0.0617. The number of nitrogens with zero attached hydrogens (tertiary/aromatic N) is 5. The third-order valence-corrected chi connectivity index (χ3v) is 5.15. The maximum Gasteiger partial charge on any atom is 0.316 e. The van der Waals surface area contributed by atoms with Gasteiger partial charge in [-0.3, -0.25) is 9.59 Å². The molecule has 2 atom stereocenters. The number of aryl methyl sites for hydroxylation is 1. The van der Waals surface area contributed by atoms with Crippen molar-refractivity contribution in [3.8, 4) is 11.4 Å². The second kappa shape index (κ2) is 6.17. The summed E-state index contributed by atoms with van der Waals surface area (Å²) in [6, 6.07) is 7.06. The molecule has 3 heterocycles. The van der Waals surface area contributed by atoms with Crippen molar-refractivity contribution in [2.45, 2.75) is 0 Å². The molecule has 1 amide bonds. The molecule has 0 aliphatic carbocycles. The van der Waals surface area contributed by atoms with Crippen LogP contribution in [0.3, 0.4) is 0 Å². The van der Waals surface area contributed by atoms with Crippen molar-refractivity contribution in [1.29, 1.82) is 0 Å². The Morgan fingerprint density at radius 3 is 2.73 bits per heavy atom. The van der Waals surface area contributed by atoms with Crippen molar-refractivity contribution in [3.63, 3.8) is 0 Å². The monoisotopic (exact) mass is 357 g/mol. The largest absolute Gasteiger partial charge is 0.468 e.